The van der Waals surface area contributed by atoms with Crippen molar-refractivity contribution in [2.75, 3.05) is 12.4 Å². The molecular weight excluding hydrogens is 265 g/mol. The first kappa shape index (κ1) is 13.7. The average Bonchev–Trinajstić information content (AvgIpc) is 2.38. The van der Waals surface area contributed by atoms with Crippen molar-refractivity contribution in [2.24, 2.45) is 0 Å². The van der Waals surface area contributed by atoms with E-state index in [2.05, 4.69) is 5.32 Å². The fraction of sp³-hybridized carbons (Fsp3) is 0.200. The Balaban J connectivity index is 2.16. The highest BCUT2D eigenvalue weighted by molar-refractivity contribution is 6.30. The molecule has 0 saturated heterocycles. The number of benzene rings is 2. The van der Waals surface area contributed by atoms with Crippen LogP contribution < -0.4 is 10.1 Å². The third kappa shape index (κ3) is 3.38. The largest absolute Gasteiger partial charge is 0.496 e. The highest BCUT2D eigenvalue weighted by atomic mass is 35.5. The SMILES string of the molecule is COc1ccc(C)cc1CNc1ccc(Cl)cc1F. The summed E-state index contributed by atoms with van der Waals surface area (Å²) in [6, 6.07) is 10.5. The van der Waals surface area contributed by atoms with Gasteiger partial charge in [-0.2, -0.15) is 0 Å². The van der Waals surface area contributed by atoms with Crippen molar-refractivity contribution in [3.8, 4) is 5.75 Å². The number of ether oxygens (including phenoxy) is 1. The summed E-state index contributed by atoms with van der Waals surface area (Å²) in [6.45, 7) is 2.50. The minimum atomic E-state index is -0.362. The lowest BCUT2D eigenvalue weighted by Crippen LogP contribution is -2.03. The molecule has 0 unspecified atom stereocenters. The second-order valence-electron chi connectivity index (χ2n) is 4.29. The van der Waals surface area contributed by atoms with Crippen molar-refractivity contribution in [3.05, 3.63) is 58.4 Å². The van der Waals surface area contributed by atoms with Gasteiger partial charge in [-0.05, 0) is 31.2 Å². The van der Waals surface area contributed by atoms with E-state index in [9.17, 15) is 4.39 Å². The first-order chi connectivity index (χ1) is 9.10. The van der Waals surface area contributed by atoms with E-state index in [4.69, 9.17) is 16.3 Å². The summed E-state index contributed by atoms with van der Waals surface area (Å²) in [5.74, 6) is 0.423. The van der Waals surface area contributed by atoms with Gasteiger partial charge in [0.2, 0.25) is 0 Å². The monoisotopic (exact) mass is 279 g/mol. The van der Waals surface area contributed by atoms with Gasteiger partial charge in [0, 0.05) is 17.1 Å². The van der Waals surface area contributed by atoms with Crippen LogP contribution in [0.15, 0.2) is 36.4 Å². The van der Waals surface area contributed by atoms with Gasteiger partial charge >= 0.3 is 0 Å². The molecule has 4 heteroatoms. The minimum absolute atomic E-state index is 0.362. The van der Waals surface area contributed by atoms with E-state index >= 15 is 0 Å². The zero-order valence-electron chi connectivity index (χ0n) is 10.8. The van der Waals surface area contributed by atoms with Gasteiger partial charge in [0.15, 0.2) is 0 Å². The Morgan fingerprint density at radius 1 is 1.21 bits per heavy atom. The molecule has 19 heavy (non-hydrogen) atoms. The number of halogens is 2. The van der Waals surface area contributed by atoms with Crippen molar-refractivity contribution in [1.29, 1.82) is 0 Å². The highest BCUT2D eigenvalue weighted by Crippen LogP contribution is 2.23. The van der Waals surface area contributed by atoms with Crippen LogP contribution in [0.4, 0.5) is 10.1 Å². The van der Waals surface area contributed by atoms with Crippen LogP contribution in [0, 0.1) is 12.7 Å². The van der Waals surface area contributed by atoms with E-state index < -0.39 is 0 Å². The van der Waals surface area contributed by atoms with Crippen LogP contribution in [0.3, 0.4) is 0 Å². The molecule has 100 valence electrons. The van der Waals surface area contributed by atoms with E-state index in [0.717, 1.165) is 16.9 Å². The van der Waals surface area contributed by atoms with Gasteiger partial charge in [-0.15, -0.1) is 0 Å². The molecule has 0 amide bonds. The summed E-state index contributed by atoms with van der Waals surface area (Å²) in [7, 11) is 1.62. The summed E-state index contributed by atoms with van der Waals surface area (Å²) >= 11 is 5.71. The molecule has 0 heterocycles. The summed E-state index contributed by atoms with van der Waals surface area (Å²) in [5, 5.41) is 3.43. The first-order valence-electron chi connectivity index (χ1n) is 5.92. The molecule has 2 rings (SSSR count). The van der Waals surface area contributed by atoms with Gasteiger partial charge in [-0.3, -0.25) is 0 Å². The zero-order valence-corrected chi connectivity index (χ0v) is 11.6. The van der Waals surface area contributed by atoms with Gasteiger partial charge < -0.3 is 10.1 Å². The lowest BCUT2D eigenvalue weighted by molar-refractivity contribution is 0.410. The van der Waals surface area contributed by atoms with E-state index in [0.29, 0.717) is 17.3 Å². The second kappa shape index (κ2) is 5.93. The number of hydrogen-bond acceptors (Lipinski definition) is 2. The number of nitrogens with one attached hydrogen (secondary N) is 1. The van der Waals surface area contributed by atoms with Gasteiger partial charge in [-0.1, -0.05) is 29.3 Å². The van der Waals surface area contributed by atoms with Crippen LogP contribution >= 0.6 is 11.6 Å². The van der Waals surface area contributed by atoms with E-state index in [-0.39, 0.29) is 5.82 Å². The van der Waals surface area contributed by atoms with E-state index in [1.807, 2.05) is 25.1 Å². The summed E-state index contributed by atoms with van der Waals surface area (Å²) < 4.78 is 18.9. The van der Waals surface area contributed by atoms with Crippen molar-refractivity contribution in [2.45, 2.75) is 13.5 Å². The lowest BCUT2D eigenvalue weighted by Gasteiger charge is -2.12. The van der Waals surface area contributed by atoms with Crippen molar-refractivity contribution < 1.29 is 9.13 Å². The summed E-state index contributed by atoms with van der Waals surface area (Å²) in [4.78, 5) is 0. The van der Waals surface area contributed by atoms with Crippen molar-refractivity contribution in [3.63, 3.8) is 0 Å². The Labute approximate surface area is 117 Å². The van der Waals surface area contributed by atoms with Gasteiger partial charge in [0.25, 0.3) is 0 Å². The molecule has 0 spiro atoms. The van der Waals surface area contributed by atoms with Crippen LogP contribution in [-0.4, -0.2) is 7.11 Å². The fourth-order valence-electron chi connectivity index (χ4n) is 1.87. The van der Waals surface area contributed by atoms with Gasteiger partial charge in [-0.25, -0.2) is 4.39 Å². The Hall–Kier alpha value is -1.74. The van der Waals surface area contributed by atoms with Crippen molar-refractivity contribution >= 4 is 17.3 Å². The molecule has 1 N–H and O–H groups in total. The maximum Gasteiger partial charge on any atom is 0.147 e. The Morgan fingerprint density at radius 3 is 2.68 bits per heavy atom. The van der Waals surface area contributed by atoms with Crippen LogP contribution in [0.2, 0.25) is 5.02 Å². The molecule has 0 aliphatic heterocycles. The predicted octanol–water partition coefficient (Wildman–Crippen LogP) is 4.41. The predicted molar refractivity (Wildman–Crippen MR) is 76.5 cm³/mol. The Morgan fingerprint density at radius 2 is 2.00 bits per heavy atom. The number of methoxy groups -OCH3 is 1. The summed E-state index contributed by atoms with van der Waals surface area (Å²) in [5.41, 5.74) is 2.54. The lowest BCUT2D eigenvalue weighted by atomic mass is 10.1. The molecule has 2 aromatic carbocycles. The molecule has 0 aromatic heterocycles. The molecule has 2 aromatic rings. The number of hydrogen-bond donors (Lipinski definition) is 1. The zero-order chi connectivity index (χ0) is 13.8. The standard InChI is InChI=1S/C15H15ClFNO/c1-10-3-6-15(19-2)11(7-10)9-18-14-5-4-12(16)8-13(14)17/h3-8,18H,9H2,1-2H3. The molecule has 0 fully saturated rings. The minimum Gasteiger partial charge on any atom is -0.496 e. The van der Waals surface area contributed by atoms with E-state index in [1.54, 1.807) is 19.2 Å². The molecule has 0 aliphatic carbocycles. The average molecular weight is 280 g/mol. The molecular formula is C15H15ClFNO. The molecule has 0 aliphatic rings. The Bertz CT molecular complexity index is 586. The molecule has 0 saturated carbocycles. The maximum atomic E-state index is 13.6. The van der Waals surface area contributed by atoms with Crippen LogP contribution in [-0.2, 0) is 6.54 Å². The maximum absolute atomic E-state index is 13.6. The highest BCUT2D eigenvalue weighted by Gasteiger charge is 2.06. The van der Waals surface area contributed by atoms with E-state index in [1.165, 1.54) is 6.07 Å². The normalized spacial score (nSPS) is 10.3. The quantitative estimate of drug-likeness (QED) is 0.895. The fourth-order valence-corrected chi connectivity index (χ4v) is 2.03. The topological polar surface area (TPSA) is 21.3 Å². The number of anilines is 1. The molecule has 0 radical (unpaired) electrons. The summed E-state index contributed by atoms with van der Waals surface area (Å²) in [6.07, 6.45) is 0. The van der Waals surface area contributed by atoms with Gasteiger partial charge in [0.05, 0.1) is 12.8 Å². The van der Waals surface area contributed by atoms with Crippen LogP contribution in [0.25, 0.3) is 0 Å². The number of rotatable bonds is 4. The van der Waals surface area contributed by atoms with Crippen LogP contribution in [0.1, 0.15) is 11.1 Å². The third-order valence-corrected chi connectivity index (χ3v) is 3.07. The van der Waals surface area contributed by atoms with Gasteiger partial charge in [0.1, 0.15) is 11.6 Å². The third-order valence-electron chi connectivity index (χ3n) is 2.84. The number of aryl methyl sites for hydroxylation is 1. The van der Waals surface area contributed by atoms with Crippen LogP contribution in [0.5, 0.6) is 5.75 Å². The molecule has 2 nitrogen and oxygen atoms in total. The smallest absolute Gasteiger partial charge is 0.147 e. The molecule has 0 bridgehead atoms. The first-order valence-corrected chi connectivity index (χ1v) is 6.30. The second-order valence-corrected chi connectivity index (χ2v) is 4.73. The molecule has 0 atom stereocenters. The van der Waals surface area contributed by atoms with Crippen molar-refractivity contribution in [1.82, 2.24) is 0 Å². The Kier molecular flexibility index (Phi) is 4.27.